The van der Waals surface area contributed by atoms with Gasteiger partial charge >= 0.3 is 0 Å². The first-order valence-electron chi connectivity index (χ1n) is 9.10. The Bertz CT molecular complexity index is 786. The molecule has 0 spiro atoms. The maximum absolute atomic E-state index is 13.1. The van der Waals surface area contributed by atoms with Gasteiger partial charge in [0.1, 0.15) is 11.9 Å². The molecule has 2 aromatic rings. The van der Waals surface area contributed by atoms with Crippen LogP contribution < -0.4 is 14.5 Å². The van der Waals surface area contributed by atoms with Crippen molar-refractivity contribution in [1.82, 2.24) is 4.90 Å². The van der Waals surface area contributed by atoms with E-state index < -0.39 is 0 Å². The van der Waals surface area contributed by atoms with Gasteiger partial charge in [-0.2, -0.15) is 0 Å². The molecule has 0 unspecified atom stereocenters. The molecule has 2 saturated heterocycles. The molecule has 5 heteroatoms. The minimum absolute atomic E-state index is 0.00405. The maximum Gasteiger partial charge on any atom is 0.246 e. The lowest BCUT2D eigenvalue weighted by Gasteiger charge is -2.30. The van der Waals surface area contributed by atoms with E-state index in [1.807, 2.05) is 43.3 Å². The van der Waals surface area contributed by atoms with E-state index in [4.69, 9.17) is 4.74 Å². The zero-order chi connectivity index (χ0) is 18.3. The largest absolute Gasteiger partial charge is 0.497 e. The molecular formula is C21H25N3O2. The molecule has 0 N–H and O–H groups in total. The number of anilines is 2. The molecule has 2 aromatic carbocycles. The second-order valence-corrected chi connectivity index (χ2v) is 7.16. The molecular weight excluding hydrogens is 326 g/mol. The van der Waals surface area contributed by atoms with Gasteiger partial charge < -0.3 is 9.64 Å². The smallest absolute Gasteiger partial charge is 0.246 e. The van der Waals surface area contributed by atoms with Crippen LogP contribution in [0.5, 0.6) is 5.75 Å². The van der Waals surface area contributed by atoms with E-state index in [2.05, 4.69) is 34.1 Å². The molecule has 2 atom stereocenters. The maximum atomic E-state index is 13.1. The highest BCUT2D eigenvalue weighted by atomic mass is 16.5. The fourth-order valence-corrected chi connectivity index (χ4v) is 4.07. The standard InChI is InChI=1S/C21H25N3O2/c1-22(2)16-8-6-15(7-9-16)20-23-14-4-5-19(23)21(25)24(20)17-10-12-18(26-3)13-11-17/h6-13,19-20H,4-5,14H2,1-3H3/t19-,20-/m1/s1. The van der Waals surface area contributed by atoms with Gasteiger partial charge in [-0.05, 0) is 54.8 Å². The summed E-state index contributed by atoms with van der Waals surface area (Å²) in [6.45, 7) is 0.961. The summed E-state index contributed by atoms with van der Waals surface area (Å²) < 4.78 is 5.26. The number of fused-ring (bicyclic) bond motifs is 1. The highest BCUT2D eigenvalue weighted by molar-refractivity contribution is 6.00. The van der Waals surface area contributed by atoms with Crippen molar-refractivity contribution in [3.63, 3.8) is 0 Å². The summed E-state index contributed by atoms with van der Waals surface area (Å²) >= 11 is 0. The number of ether oxygens (including phenoxy) is 1. The molecule has 0 saturated carbocycles. The number of carbonyl (C=O) groups is 1. The van der Waals surface area contributed by atoms with Crippen molar-refractivity contribution in [2.45, 2.75) is 25.0 Å². The summed E-state index contributed by atoms with van der Waals surface area (Å²) in [5.41, 5.74) is 3.24. The Morgan fingerprint density at radius 1 is 1.04 bits per heavy atom. The Labute approximate surface area is 154 Å². The second kappa shape index (κ2) is 6.65. The highest BCUT2D eigenvalue weighted by Gasteiger charge is 2.49. The van der Waals surface area contributed by atoms with Gasteiger partial charge in [0, 0.05) is 32.0 Å². The van der Waals surface area contributed by atoms with E-state index in [1.165, 1.54) is 0 Å². The van der Waals surface area contributed by atoms with E-state index in [9.17, 15) is 4.79 Å². The third-order valence-corrected chi connectivity index (χ3v) is 5.43. The normalized spacial score (nSPS) is 22.6. The Hall–Kier alpha value is -2.53. The summed E-state index contributed by atoms with van der Waals surface area (Å²) in [6, 6.07) is 16.3. The molecule has 0 aliphatic carbocycles. The Morgan fingerprint density at radius 3 is 2.35 bits per heavy atom. The monoisotopic (exact) mass is 351 g/mol. The van der Waals surface area contributed by atoms with E-state index >= 15 is 0 Å². The molecule has 2 fully saturated rings. The molecule has 5 nitrogen and oxygen atoms in total. The van der Waals surface area contributed by atoms with Gasteiger partial charge in [-0.15, -0.1) is 0 Å². The molecule has 2 heterocycles. The molecule has 2 aliphatic heterocycles. The Balaban J connectivity index is 1.73. The van der Waals surface area contributed by atoms with Gasteiger partial charge in [0.05, 0.1) is 13.2 Å². The summed E-state index contributed by atoms with van der Waals surface area (Å²) in [4.78, 5) is 19.5. The minimum atomic E-state index is -0.0420. The quantitative estimate of drug-likeness (QED) is 0.847. The third kappa shape index (κ3) is 2.72. The SMILES string of the molecule is COc1ccc(N2C(=O)[C@H]3CCCN3[C@H]2c2ccc(N(C)C)cc2)cc1. The van der Waals surface area contributed by atoms with Gasteiger partial charge in [-0.1, -0.05) is 12.1 Å². The highest BCUT2D eigenvalue weighted by Crippen LogP contribution is 2.42. The summed E-state index contributed by atoms with van der Waals surface area (Å²) in [7, 11) is 5.73. The first-order chi connectivity index (χ1) is 12.6. The molecule has 136 valence electrons. The summed E-state index contributed by atoms with van der Waals surface area (Å²) in [5, 5.41) is 0. The van der Waals surface area contributed by atoms with Gasteiger partial charge in [0.15, 0.2) is 0 Å². The molecule has 1 amide bonds. The van der Waals surface area contributed by atoms with E-state index in [0.29, 0.717) is 0 Å². The van der Waals surface area contributed by atoms with E-state index in [-0.39, 0.29) is 18.1 Å². The average Bonchev–Trinajstić information content (AvgIpc) is 3.24. The number of rotatable bonds is 4. The number of benzene rings is 2. The van der Waals surface area contributed by atoms with Crippen molar-refractivity contribution in [3.8, 4) is 5.75 Å². The fourth-order valence-electron chi connectivity index (χ4n) is 4.07. The van der Waals surface area contributed by atoms with Crippen LogP contribution in [0.3, 0.4) is 0 Å². The second-order valence-electron chi connectivity index (χ2n) is 7.16. The molecule has 0 aromatic heterocycles. The van der Waals surface area contributed by atoms with Crippen LogP contribution in [-0.2, 0) is 4.79 Å². The van der Waals surface area contributed by atoms with Crippen molar-refractivity contribution in [2.24, 2.45) is 0 Å². The van der Waals surface area contributed by atoms with Crippen LogP contribution in [0, 0.1) is 0 Å². The minimum Gasteiger partial charge on any atom is -0.497 e. The molecule has 26 heavy (non-hydrogen) atoms. The molecule has 2 aliphatic rings. The molecule has 0 bridgehead atoms. The van der Waals surface area contributed by atoms with Gasteiger partial charge in [0.2, 0.25) is 5.91 Å². The van der Waals surface area contributed by atoms with Gasteiger partial charge in [-0.25, -0.2) is 0 Å². The first kappa shape index (κ1) is 16.9. The number of carbonyl (C=O) groups excluding carboxylic acids is 1. The van der Waals surface area contributed by atoms with Crippen LogP contribution in [-0.4, -0.2) is 44.6 Å². The number of amides is 1. The van der Waals surface area contributed by atoms with Crippen LogP contribution in [0.2, 0.25) is 0 Å². The molecule has 0 radical (unpaired) electrons. The van der Waals surface area contributed by atoms with Gasteiger partial charge in [-0.3, -0.25) is 14.6 Å². The predicted molar refractivity (Wildman–Crippen MR) is 104 cm³/mol. The van der Waals surface area contributed by atoms with E-state index in [0.717, 1.165) is 42.1 Å². The first-order valence-corrected chi connectivity index (χ1v) is 9.10. The van der Waals surface area contributed by atoms with Crippen molar-refractivity contribution >= 4 is 17.3 Å². The van der Waals surface area contributed by atoms with Gasteiger partial charge in [0.25, 0.3) is 0 Å². The topological polar surface area (TPSA) is 36.0 Å². The summed E-state index contributed by atoms with van der Waals surface area (Å²) in [6.07, 6.45) is 1.98. The average molecular weight is 351 g/mol. The fraction of sp³-hybridized carbons (Fsp3) is 0.381. The zero-order valence-electron chi connectivity index (χ0n) is 15.6. The van der Waals surface area contributed by atoms with Crippen LogP contribution in [0.1, 0.15) is 24.6 Å². The summed E-state index contributed by atoms with van der Waals surface area (Å²) in [5.74, 6) is 1.00. The van der Waals surface area contributed by atoms with Crippen LogP contribution in [0.25, 0.3) is 0 Å². The lowest BCUT2D eigenvalue weighted by molar-refractivity contribution is -0.119. The van der Waals surface area contributed by atoms with Crippen LogP contribution in [0.4, 0.5) is 11.4 Å². The number of nitrogens with zero attached hydrogens (tertiary/aromatic N) is 3. The Kier molecular flexibility index (Phi) is 4.32. The zero-order valence-corrected chi connectivity index (χ0v) is 15.6. The van der Waals surface area contributed by atoms with Crippen molar-refractivity contribution in [1.29, 1.82) is 0 Å². The van der Waals surface area contributed by atoms with Crippen molar-refractivity contribution < 1.29 is 9.53 Å². The number of hydrogen-bond acceptors (Lipinski definition) is 4. The Morgan fingerprint density at radius 2 is 1.73 bits per heavy atom. The lowest BCUT2D eigenvalue weighted by atomic mass is 10.1. The van der Waals surface area contributed by atoms with Crippen molar-refractivity contribution in [3.05, 3.63) is 54.1 Å². The lowest BCUT2D eigenvalue weighted by Crippen LogP contribution is -2.32. The number of hydrogen-bond donors (Lipinski definition) is 0. The molecule has 4 rings (SSSR count). The van der Waals surface area contributed by atoms with Crippen LogP contribution in [0.15, 0.2) is 48.5 Å². The van der Waals surface area contributed by atoms with Crippen molar-refractivity contribution in [2.75, 3.05) is 37.5 Å². The van der Waals surface area contributed by atoms with E-state index in [1.54, 1.807) is 7.11 Å². The third-order valence-electron chi connectivity index (χ3n) is 5.43. The number of methoxy groups -OCH3 is 1. The van der Waals surface area contributed by atoms with Crippen LogP contribution >= 0.6 is 0 Å². The predicted octanol–water partition coefficient (Wildman–Crippen LogP) is 3.27.